The number of imidazole rings is 1. The second-order valence-electron chi connectivity index (χ2n) is 12.9. The molecular formula is C41H31FN4S. The summed E-state index contributed by atoms with van der Waals surface area (Å²) >= 11 is 1.82. The third kappa shape index (κ3) is 4.28. The number of rotatable bonds is 4. The topological polar surface area (TPSA) is 35.6 Å². The van der Waals surface area contributed by atoms with E-state index >= 15 is 4.39 Å². The van der Waals surface area contributed by atoms with Gasteiger partial charge in [0.25, 0.3) is 0 Å². The summed E-state index contributed by atoms with van der Waals surface area (Å²) in [6, 6.07) is 41.1. The molecule has 0 saturated carbocycles. The molecule has 0 spiro atoms. The van der Waals surface area contributed by atoms with Crippen molar-refractivity contribution in [2.75, 3.05) is 0 Å². The summed E-state index contributed by atoms with van der Waals surface area (Å²) in [7, 11) is 2.00. The fourth-order valence-electron chi connectivity index (χ4n) is 7.29. The van der Waals surface area contributed by atoms with Crippen LogP contribution in [-0.4, -0.2) is 19.1 Å². The maximum Gasteiger partial charge on any atom is 0.150 e. The Balaban J connectivity index is 1.20. The van der Waals surface area contributed by atoms with Gasteiger partial charge in [-0.2, -0.15) is 0 Å². The molecule has 47 heavy (non-hydrogen) atoms. The molecule has 5 aromatic carbocycles. The molecule has 4 nitrogen and oxygen atoms in total. The van der Waals surface area contributed by atoms with Crippen molar-refractivity contribution in [3.63, 3.8) is 0 Å². The monoisotopic (exact) mass is 630 g/mol. The molecule has 1 aliphatic rings. The van der Waals surface area contributed by atoms with Crippen LogP contribution in [0.4, 0.5) is 4.39 Å². The Morgan fingerprint density at radius 3 is 2.32 bits per heavy atom. The summed E-state index contributed by atoms with van der Waals surface area (Å²) in [5, 5.41) is 2.22. The number of aromatic nitrogens is 4. The summed E-state index contributed by atoms with van der Waals surface area (Å²) in [5.74, 6) is 1.63. The van der Waals surface area contributed by atoms with Crippen LogP contribution in [0.25, 0.3) is 50.0 Å². The van der Waals surface area contributed by atoms with Crippen molar-refractivity contribution in [2.24, 2.45) is 7.05 Å². The van der Waals surface area contributed by atoms with Gasteiger partial charge < -0.3 is 4.57 Å². The molecule has 0 saturated heterocycles. The van der Waals surface area contributed by atoms with Gasteiger partial charge in [0.05, 0.1) is 22.1 Å². The van der Waals surface area contributed by atoms with E-state index in [-0.39, 0.29) is 5.41 Å². The van der Waals surface area contributed by atoms with Crippen molar-refractivity contribution >= 4 is 44.6 Å². The molecule has 1 unspecified atom stereocenters. The zero-order valence-corrected chi connectivity index (χ0v) is 27.1. The summed E-state index contributed by atoms with van der Waals surface area (Å²) in [5.41, 5.74) is 8.56. The van der Waals surface area contributed by atoms with Gasteiger partial charge in [0, 0.05) is 44.8 Å². The molecule has 0 N–H and O–H groups in total. The van der Waals surface area contributed by atoms with E-state index in [1.807, 2.05) is 97.8 Å². The molecule has 1 aliphatic heterocycles. The lowest BCUT2D eigenvalue weighted by atomic mass is 9.77. The van der Waals surface area contributed by atoms with Crippen LogP contribution in [0.2, 0.25) is 0 Å². The van der Waals surface area contributed by atoms with Gasteiger partial charge in [-0.3, -0.25) is 4.57 Å². The molecule has 6 heteroatoms. The summed E-state index contributed by atoms with van der Waals surface area (Å²) < 4.78 is 20.9. The molecule has 9 rings (SSSR count). The lowest BCUT2D eigenvalue weighted by Crippen LogP contribution is -2.23. The van der Waals surface area contributed by atoms with E-state index in [9.17, 15) is 0 Å². The molecule has 0 aliphatic carbocycles. The zero-order chi connectivity index (χ0) is 31.9. The Kier molecular flexibility index (Phi) is 6.21. The number of alkyl halides is 1. The van der Waals surface area contributed by atoms with Gasteiger partial charge in [0.2, 0.25) is 0 Å². The molecule has 3 aromatic heterocycles. The molecule has 8 aromatic rings. The van der Waals surface area contributed by atoms with E-state index in [1.165, 1.54) is 20.9 Å². The third-order valence-corrected chi connectivity index (χ3v) is 10.9. The van der Waals surface area contributed by atoms with Gasteiger partial charge in [-0.15, -0.1) is 0 Å². The van der Waals surface area contributed by atoms with Gasteiger partial charge in [0.1, 0.15) is 11.6 Å². The maximum atomic E-state index is 16.6. The summed E-state index contributed by atoms with van der Waals surface area (Å²) in [4.78, 5) is 12.1. The van der Waals surface area contributed by atoms with E-state index in [4.69, 9.17) is 9.97 Å². The minimum absolute atomic E-state index is 0.154. The Hall–Kier alpha value is -5.20. The van der Waals surface area contributed by atoms with Crippen molar-refractivity contribution in [1.29, 1.82) is 0 Å². The Bertz CT molecular complexity index is 2510. The van der Waals surface area contributed by atoms with Gasteiger partial charge in [-0.1, -0.05) is 92.3 Å². The lowest BCUT2D eigenvalue weighted by molar-refractivity contribution is 0.402. The highest BCUT2D eigenvalue weighted by molar-refractivity contribution is 7.99. The highest BCUT2D eigenvalue weighted by Crippen LogP contribution is 2.51. The molecule has 0 radical (unpaired) electrons. The number of fused-ring (bicyclic) bond motifs is 6. The van der Waals surface area contributed by atoms with Crippen molar-refractivity contribution in [1.82, 2.24) is 19.1 Å². The van der Waals surface area contributed by atoms with Crippen LogP contribution < -0.4 is 0 Å². The Labute approximate surface area is 276 Å². The second-order valence-corrected chi connectivity index (χ2v) is 13.9. The van der Waals surface area contributed by atoms with Crippen LogP contribution in [0, 0.1) is 0 Å². The molecule has 228 valence electrons. The predicted octanol–water partition coefficient (Wildman–Crippen LogP) is 10.6. The van der Waals surface area contributed by atoms with E-state index in [2.05, 4.69) is 71.5 Å². The number of para-hydroxylation sites is 2. The van der Waals surface area contributed by atoms with Crippen molar-refractivity contribution in [3.05, 3.63) is 150 Å². The van der Waals surface area contributed by atoms with Gasteiger partial charge >= 0.3 is 0 Å². The number of aryl methyl sites for hydroxylation is 1. The number of pyridine rings is 1. The van der Waals surface area contributed by atoms with Gasteiger partial charge in [-0.05, 0) is 76.9 Å². The molecular weight excluding hydrogens is 600 g/mol. The number of benzene rings is 5. The fraction of sp³-hybridized carbons (Fsp3) is 0.122. The molecule has 0 amide bonds. The first-order chi connectivity index (χ1) is 22.9. The van der Waals surface area contributed by atoms with Crippen LogP contribution in [0.5, 0.6) is 0 Å². The average molecular weight is 631 g/mol. The van der Waals surface area contributed by atoms with Crippen LogP contribution >= 0.6 is 11.8 Å². The van der Waals surface area contributed by atoms with E-state index in [0.717, 1.165) is 50.0 Å². The van der Waals surface area contributed by atoms with E-state index in [1.54, 1.807) is 0 Å². The van der Waals surface area contributed by atoms with Gasteiger partial charge in [-0.25, -0.2) is 14.4 Å². The molecule has 0 bridgehead atoms. The van der Waals surface area contributed by atoms with Crippen LogP contribution in [0.15, 0.2) is 137 Å². The van der Waals surface area contributed by atoms with Crippen molar-refractivity contribution in [2.45, 2.75) is 35.2 Å². The molecule has 1 atom stereocenters. The van der Waals surface area contributed by atoms with Crippen LogP contribution in [0.3, 0.4) is 0 Å². The fourth-order valence-corrected chi connectivity index (χ4v) is 8.70. The number of hydrogen-bond donors (Lipinski definition) is 0. The highest BCUT2D eigenvalue weighted by atomic mass is 32.2. The SMILES string of the molecule is Cn1c(-c2cccc(C(F)c3ccc4c5cc6c(cc5n(-c5ccccn5)c4c3)Sc3ccccc3C6(C)C)c2)nc2ccccc21. The Morgan fingerprint density at radius 2 is 1.47 bits per heavy atom. The smallest absolute Gasteiger partial charge is 0.150 e. The Morgan fingerprint density at radius 1 is 0.681 bits per heavy atom. The van der Waals surface area contributed by atoms with Crippen LogP contribution in [0.1, 0.15) is 42.3 Å². The van der Waals surface area contributed by atoms with Crippen LogP contribution in [-0.2, 0) is 12.5 Å². The van der Waals surface area contributed by atoms with Crippen molar-refractivity contribution < 1.29 is 4.39 Å². The first-order valence-electron chi connectivity index (χ1n) is 15.9. The quantitative estimate of drug-likeness (QED) is 0.194. The minimum atomic E-state index is -1.32. The minimum Gasteiger partial charge on any atom is -0.327 e. The normalized spacial score (nSPS) is 14.4. The summed E-state index contributed by atoms with van der Waals surface area (Å²) in [6.07, 6.45) is 0.495. The first kappa shape index (κ1) is 28.1. The average Bonchev–Trinajstić information content (AvgIpc) is 3.61. The van der Waals surface area contributed by atoms with Crippen molar-refractivity contribution in [3.8, 4) is 17.2 Å². The number of hydrogen-bond acceptors (Lipinski definition) is 3. The highest BCUT2D eigenvalue weighted by Gasteiger charge is 2.34. The first-order valence-corrected chi connectivity index (χ1v) is 16.7. The van der Waals surface area contributed by atoms with E-state index < -0.39 is 6.17 Å². The predicted molar refractivity (Wildman–Crippen MR) is 190 cm³/mol. The number of nitrogens with zero attached hydrogens (tertiary/aromatic N) is 4. The molecule has 4 heterocycles. The lowest BCUT2D eigenvalue weighted by Gasteiger charge is -2.34. The molecule has 0 fully saturated rings. The van der Waals surface area contributed by atoms with Gasteiger partial charge in [0.15, 0.2) is 6.17 Å². The standard InChI is InChI=1S/C41H31FN4S/c1-41(2)30-13-4-7-16-36(30)47-37-24-35-29(23-31(37)41)28-19-18-26(22-34(28)46(35)38-17-8-9-20-43-38)39(42)25-11-10-12-27(21-25)40-44-32-14-5-6-15-33(32)45(40)3/h4-24,39H,1-3H3. The second kappa shape index (κ2) is 10.4. The third-order valence-electron chi connectivity index (χ3n) is 9.74. The largest absolute Gasteiger partial charge is 0.327 e. The van der Waals surface area contributed by atoms with E-state index in [0.29, 0.717) is 11.1 Å². The summed E-state index contributed by atoms with van der Waals surface area (Å²) in [6.45, 7) is 4.61. The zero-order valence-electron chi connectivity index (χ0n) is 26.3. The number of halogens is 1. The maximum absolute atomic E-state index is 16.6.